The number of nitrogens with one attached hydrogen (secondary N) is 1. The Hall–Kier alpha value is -1.76. The van der Waals surface area contributed by atoms with Crippen LogP contribution in [0.4, 0.5) is 11.4 Å². The van der Waals surface area contributed by atoms with Crippen molar-refractivity contribution in [3.63, 3.8) is 0 Å². The molecule has 0 aliphatic heterocycles. The summed E-state index contributed by atoms with van der Waals surface area (Å²) in [7, 11) is 0. The fourth-order valence-electron chi connectivity index (χ4n) is 2.61. The van der Waals surface area contributed by atoms with Crippen LogP contribution >= 0.6 is 0 Å². The van der Waals surface area contributed by atoms with E-state index in [0.717, 1.165) is 11.4 Å². The lowest BCUT2D eigenvalue weighted by Crippen LogP contribution is -1.95. The van der Waals surface area contributed by atoms with Gasteiger partial charge in [0.25, 0.3) is 0 Å². The Balaban J connectivity index is 2.02. The number of benzene rings is 2. The molecule has 0 bridgehead atoms. The third kappa shape index (κ3) is 4.35. The molecule has 1 unspecified atom stereocenters. The Morgan fingerprint density at radius 3 is 1.67 bits per heavy atom. The Morgan fingerprint density at radius 1 is 0.762 bits per heavy atom. The van der Waals surface area contributed by atoms with Crippen LogP contribution in [0.3, 0.4) is 0 Å². The van der Waals surface area contributed by atoms with Crippen molar-refractivity contribution in [2.45, 2.75) is 52.4 Å². The fraction of sp³-hybridized carbons (Fsp3) is 0.400. The predicted molar refractivity (Wildman–Crippen MR) is 93.6 cm³/mol. The Kier molecular flexibility index (Phi) is 5.44. The number of anilines is 2. The van der Waals surface area contributed by atoms with Crippen LogP contribution in [0.1, 0.15) is 63.5 Å². The number of hydrogen-bond donors (Lipinski definition) is 1. The van der Waals surface area contributed by atoms with Gasteiger partial charge in [-0.3, -0.25) is 0 Å². The van der Waals surface area contributed by atoms with E-state index < -0.39 is 0 Å². The molecule has 0 spiro atoms. The maximum atomic E-state index is 3.47. The van der Waals surface area contributed by atoms with E-state index in [2.05, 4.69) is 81.5 Å². The molecule has 1 atom stereocenters. The molecular weight excluding hydrogens is 254 g/mol. The normalized spacial score (nSPS) is 12.4. The molecule has 0 aromatic heterocycles. The van der Waals surface area contributed by atoms with Gasteiger partial charge in [0.05, 0.1) is 0 Å². The zero-order chi connectivity index (χ0) is 15.2. The van der Waals surface area contributed by atoms with Gasteiger partial charge in [0.1, 0.15) is 0 Å². The molecule has 2 aromatic carbocycles. The summed E-state index contributed by atoms with van der Waals surface area (Å²) in [6.45, 7) is 8.99. The zero-order valence-electron chi connectivity index (χ0n) is 13.7. The van der Waals surface area contributed by atoms with Gasteiger partial charge in [0.15, 0.2) is 0 Å². The largest absolute Gasteiger partial charge is 0.356 e. The van der Waals surface area contributed by atoms with E-state index in [1.165, 1.54) is 24.0 Å². The third-order valence-electron chi connectivity index (χ3n) is 4.07. The second kappa shape index (κ2) is 7.31. The monoisotopic (exact) mass is 281 g/mol. The van der Waals surface area contributed by atoms with Gasteiger partial charge in [0.2, 0.25) is 0 Å². The van der Waals surface area contributed by atoms with Gasteiger partial charge < -0.3 is 5.32 Å². The Labute approximate surface area is 129 Å². The van der Waals surface area contributed by atoms with Crippen molar-refractivity contribution in [3.05, 3.63) is 59.7 Å². The summed E-state index contributed by atoms with van der Waals surface area (Å²) in [5.74, 6) is 1.23. The zero-order valence-corrected chi connectivity index (χ0v) is 13.7. The van der Waals surface area contributed by atoms with Crippen LogP contribution in [0.15, 0.2) is 48.5 Å². The van der Waals surface area contributed by atoms with Crippen molar-refractivity contribution in [2.24, 2.45) is 0 Å². The second-order valence-electron chi connectivity index (χ2n) is 6.21. The standard InChI is InChI=1S/C20H27N/c1-5-6-16(4)18-9-13-20(14-10-18)21-19-11-7-17(8-12-19)15(2)3/h7-16,21H,5-6H2,1-4H3. The first-order valence-electron chi connectivity index (χ1n) is 8.07. The smallest absolute Gasteiger partial charge is 0.0384 e. The van der Waals surface area contributed by atoms with E-state index in [1.54, 1.807) is 0 Å². The minimum absolute atomic E-state index is 0.582. The molecule has 0 aliphatic carbocycles. The van der Waals surface area contributed by atoms with Crippen molar-refractivity contribution in [3.8, 4) is 0 Å². The highest BCUT2D eigenvalue weighted by Crippen LogP contribution is 2.24. The van der Waals surface area contributed by atoms with E-state index in [1.807, 2.05) is 0 Å². The molecule has 2 aromatic rings. The van der Waals surface area contributed by atoms with Crippen LogP contribution in [-0.4, -0.2) is 0 Å². The lowest BCUT2D eigenvalue weighted by molar-refractivity contribution is 0.665. The fourth-order valence-corrected chi connectivity index (χ4v) is 2.61. The van der Waals surface area contributed by atoms with Gasteiger partial charge >= 0.3 is 0 Å². The summed E-state index contributed by atoms with van der Waals surface area (Å²) in [6.07, 6.45) is 2.49. The van der Waals surface area contributed by atoms with Crippen molar-refractivity contribution in [2.75, 3.05) is 5.32 Å². The van der Waals surface area contributed by atoms with Gasteiger partial charge in [-0.25, -0.2) is 0 Å². The first-order chi connectivity index (χ1) is 10.1. The maximum absolute atomic E-state index is 3.47. The predicted octanol–water partition coefficient (Wildman–Crippen LogP) is 6.46. The molecule has 0 fully saturated rings. The quantitative estimate of drug-likeness (QED) is 0.641. The minimum Gasteiger partial charge on any atom is -0.356 e. The van der Waals surface area contributed by atoms with Crippen LogP contribution in [0.2, 0.25) is 0 Å². The highest BCUT2D eigenvalue weighted by Gasteiger charge is 2.04. The highest BCUT2D eigenvalue weighted by molar-refractivity contribution is 5.60. The molecule has 0 radical (unpaired) electrons. The summed E-state index contributed by atoms with van der Waals surface area (Å²) < 4.78 is 0. The molecule has 2 rings (SSSR count). The molecule has 1 nitrogen and oxygen atoms in total. The lowest BCUT2D eigenvalue weighted by atomic mass is 9.96. The molecule has 0 heterocycles. The SMILES string of the molecule is CCCC(C)c1ccc(Nc2ccc(C(C)C)cc2)cc1. The van der Waals surface area contributed by atoms with E-state index in [0.29, 0.717) is 11.8 Å². The molecule has 0 saturated heterocycles. The highest BCUT2D eigenvalue weighted by atomic mass is 14.9. The summed E-state index contributed by atoms with van der Waals surface area (Å²) in [6, 6.07) is 17.5. The first-order valence-corrected chi connectivity index (χ1v) is 8.07. The summed E-state index contributed by atoms with van der Waals surface area (Å²) in [5, 5.41) is 3.47. The van der Waals surface area contributed by atoms with Crippen molar-refractivity contribution in [1.82, 2.24) is 0 Å². The van der Waals surface area contributed by atoms with Crippen LogP contribution in [0, 0.1) is 0 Å². The summed E-state index contributed by atoms with van der Waals surface area (Å²) >= 11 is 0. The average molecular weight is 281 g/mol. The summed E-state index contributed by atoms with van der Waals surface area (Å²) in [4.78, 5) is 0. The van der Waals surface area contributed by atoms with Crippen molar-refractivity contribution < 1.29 is 0 Å². The molecule has 0 saturated carbocycles. The van der Waals surface area contributed by atoms with Crippen LogP contribution in [0.5, 0.6) is 0 Å². The van der Waals surface area contributed by atoms with Gasteiger partial charge in [-0.1, -0.05) is 58.4 Å². The van der Waals surface area contributed by atoms with E-state index in [-0.39, 0.29) is 0 Å². The van der Waals surface area contributed by atoms with Gasteiger partial charge in [-0.2, -0.15) is 0 Å². The van der Waals surface area contributed by atoms with E-state index >= 15 is 0 Å². The van der Waals surface area contributed by atoms with E-state index in [9.17, 15) is 0 Å². The molecule has 0 aliphatic rings. The lowest BCUT2D eigenvalue weighted by Gasteiger charge is -2.13. The minimum atomic E-state index is 0.582. The molecular formula is C20H27N. The average Bonchev–Trinajstić information content (AvgIpc) is 2.49. The molecule has 1 N–H and O–H groups in total. The number of rotatable bonds is 6. The molecule has 0 amide bonds. The first kappa shape index (κ1) is 15.6. The molecule has 1 heteroatoms. The van der Waals surface area contributed by atoms with Gasteiger partial charge in [-0.15, -0.1) is 0 Å². The maximum Gasteiger partial charge on any atom is 0.0384 e. The summed E-state index contributed by atoms with van der Waals surface area (Å²) in [5.41, 5.74) is 5.11. The topological polar surface area (TPSA) is 12.0 Å². The van der Waals surface area contributed by atoms with Crippen LogP contribution < -0.4 is 5.32 Å². The number of hydrogen-bond acceptors (Lipinski definition) is 1. The molecule has 21 heavy (non-hydrogen) atoms. The van der Waals surface area contributed by atoms with Gasteiger partial charge in [-0.05, 0) is 53.6 Å². The van der Waals surface area contributed by atoms with Gasteiger partial charge in [0, 0.05) is 11.4 Å². The molecule has 112 valence electrons. The van der Waals surface area contributed by atoms with Crippen molar-refractivity contribution in [1.29, 1.82) is 0 Å². The third-order valence-corrected chi connectivity index (χ3v) is 4.07. The Morgan fingerprint density at radius 2 is 1.24 bits per heavy atom. The van der Waals surface area contributed by atoms with E-state index in [4.69, 9.17) is 0 Å². The second-order valence-corrected chi connectivity index (χ2v) is 6.21. The van der Waals surface area contributed by atoms with Crippen molar-refractivity contribution >= 4 is 11.4 Å². The van der Waals surface area contributed by atoms with Crippen LogP contribution in [0.25, 0.3) is 0 Å². The van der Waals surface area contributed by atoms with Crippen LogP contribution in [-0.2, 0) is 0 Å². The Bertz CT molecular complexity index is 537.